The first-order chi connectivity index (χ1) is 12.5. The smallest absolute Gasteiger partial charge is 0.167 e. The molecule has 0 bridgehead atoms. The zero-order chi connectivity index (χ0) is 18.5. The van der Waals surface area contributed by atoms with Crippen LogP contribution in [0.25, 0.3) is 0 Å². The Bertz CT molecular complexity index is 851. The number of hydrogen-bond acceptors (Lipinski definition) is 2. The van der Waals surface area contributed by atoms with Crippen molar-refractivity contribution in [3.63, 3.8) is 0 Å². The molecule has 0 spiro atoms. The second-order valence-electron chi connectivity index (χ2n) is 5.98. The van der Waals surface area contributed by atoms with Crippen LogP contribution in [0.15, 0.2) is 72.8 Å². The van der Waals surface area contributed by atoms with Gasteiger partial charge in [-0.2, -0.15) is 0 Å². The van der Waals surface area contributed by atoms with Crippen LogP contribution in [0.1, 0.15) is 31.8 Å². The van der Waals surface area contributed by atoms with E-state index in [2.05, 4.69) is 0 Å². The van der Waals surface area contributed by atoms with Gasteiger partial charge in [0.05, 0.1) is 0 Å². The zero-order valence-electron chi connectivity index (χ0n) is 13.9. The Hall–Kier alpha value is -2.42. The summed E-state index contributed by atoms with van der Waals surface area (Å²) in [7, 11) is 0. The predicted molar refractivity (Wildman–Crippen MR) is 105 cm³/mol. The van der Waals surface area contributed by atoms with E-state index in [9.17, 15) is 9.59 Å². The molecular weight excluding hydrogens is 367 g/mol. The Morgan fingerprint density at radius 2 is 0.923 bits per heavy atom. The number of rotatable bonds is 6. The van der Waals surface area contributed by atoms with Gasteiger partial charge in [0.1, 0.15) is 0 Å². The van der Waals surface area contributed by atoms with Crippen LogP contribution in [-0.2, 0) is 12.8 Å². The Kier molecular flexibility index (Phi) is 5.87. The molecule has 0 heterocycles. The molecule has 0 aliphatic rings. The Morgan fingerprint density at radius 3 is 1.27 bits per heavy atom. The van der Waals surface area contributed by atoms with E-state index >= 15 is 0 Å². The number of halogens is 2. The summed E-state index contributed by atoms with van der Waals surface area (Å²) in [5, 5.41) is 1.19. The van der Waals surface area contributed by atoms with Crippen LogP contribution in [0, 0.1) is 0 Å². The van der Waals surface area contributed by atoms with Crippen LogP contribution < -0.4 is 0 Å². The van der Waals surface area contributed by atoms with Crippen LogP contribution in [0.5, 0.6) is 0 Å². The highest BCUT2D eigenvalue weighted by molar-refractivity contribution is 6.31. The van der Waals surface area contributed by atoms with E-state index < -0.39 is 0 Å². The largest absolute Gasteiger partial charge is 0.294 e. The van der Waals surface area contributed by atoms with Crippen molar-refractivity contribution in [2.75, 3.05) is 0 Å². The summed E-state index contributed by atoms with van der Waals surface area (Å²) >= 11 is 11.7. The standard InChI is InChI=1S/C22H16Cl2O2/c23-19-9-5-15(6-10-19)21(25)13-17-3-1-2-4-18(17)14-22(26)16-7-11-20(24)12-8-16/h1-12H,13-14H2. The molecule has 0 aliphatic heterocycles. The predicted octanol–water partition coefficient (Wildman–Crippen LogP) is 5.84. The number of benzene rings is 3. The Balaban J connectivity index is 1.77. The van der Waals surface area contributed by atoms with E-state index in [1.807, 2.05) is 24.3 Å². The third-order valence-electron chi connectivity index (χ3n) is 4.15. The SMILES string of the molecule is O=C(Cc1ccccc1CC(=O)c1ccc(Cl)cc1)c1ccc(Cl)cc1. The molecule has 0 saturated carbocycles. The van der Waals surface area contributed by atoms with E-state index in [-0.39, 0.29) is 24.4 Å². The minimum absolute atomic E-state index is 0.00643. The van der Waals surface area contributed by atoms with Gasteiger partial charge in [-0.1, -0.05) is 47.5 Å². The second kappa shape index (κ2) is 8.31. The lowest BCUT2D eigenvalue weighted by molar-refractivity contribution is 0.0978. The van der Waals surface area contributed by atoms with E-state index in [0.29, 0.717) is 21.2 Å². The van der Waals surface area contributed by atoms with Crippen molar-refractivity contribution in [2.45, 2.75) is 12.8 Å². The van der Waals surface area contributed by atoms with Crippen LogP contribution in [0.4, 0.5) is 0 Å². The molecule has 26 heavy (non-hydrogen) atoms. The van der Waals surface area contributed by atoms with Gasteiger partial charge in [-0.05, 0) is 59.7 Å². The van der Waals surface area contributed by atoms with Crippen molar-refractivity contribution < 1.29 is 9.59 Å². The summed E-state index contributed by atoms with van der Waals surface area (Å²) in [6.07, 6.45) is 0.484. The van der Waals surface area contributed by atoms with Crippen LogP contribution >= 0.6 is 23.2 Å². The summed E-state index contributed by atoms with van der Waals surface area (Å²) in [4.78, 5) is 25.1. The minimum Gasteiger partial charge on any atom is -0.294 e. The van der Waals surface area contributed by atoms with Crippen molar-refractivity contribution in [1.82, 2.24) is 0 Å². The van der Waals surface area contributed by atoms with Crippen molar-refractivity contribution in [2.24, 2.45) is 0 Å². The van der Waals surface area contributed by atoms with Gasteiger partial charge in [-0.15, -0.1) is 0 Å². The fourth-order valence-corrected chi connectivity index (χ4v) is 2.98. The third-order valence-corrected chi connectivity index (χ3v) is 4.66. The molecule has 2 nitrogen and oxygen atoms in total. The average Bonchev–Trinajstić information content (AvgIpc) is 2.64. The van der Waals surface area contributed by atoms with Crippen molar-refractivity contribution >= 4 is 34.8 Å². The fraction of sp³-hybridized carbons (Fsp3) is 0.0909. The molecule has 3 rings (SSSR count). The fourth-order valence-electron chi connectivity index (χ4n) is 2.72. The molecule has 3 aromatic carbocycles. The van der Waals surface area contributed by atoms with Crippen molar-refractivity contribution in [1.29, 1.82) is 0 Å². The van der Waals surface area contributed by atoms with Crippen LogP contribution in [-0.4, -0.2) is 11.6 Å². The maximum Gasteiger partial charge on any atom is 0.167 e. The Labute approximate surface area is 162 Å². The van der Waals surface area contributed by atoms with E-state index in [1.54, 1.807) is 48.5 Å². The first-order valence-corrected chi connectivity index (χ1v) is 8.93. The quantitative estimate of drug-likeness (QED) is 0.501. The number of carbonyl (C=O) groups is 2. The van der Waals surface area contributed by atoms with Gasteiger partial charge in [-0.3, -0.25) is 9.59 Å². The molecule has 3 aromatic rings. The second-order valence-corrected chi connectivity index (χ2v) is 6.86. The number of hydrogen-bond donors (Lipinski definition) is 0. The lowest BCUT2D eigenvalue weighted by atomic mass is 9.94. The van der Waals surface area contributed by atoms with Crippen molar-refractivity contribution in [3.8, 4) is 0 Å². The minimum atomic E-state index is -0.00643. The molecule has 0 fully saturated rings. The molecule has 0 saturated heterocycles. The molecule has 130 valence electrons. The molecule has 0 atom stereocenters. The average molecular weight is 383 g/mol. The van der Waals surface area contributed by atoms with Gasteiger partial charge in [-0.25, -0.2) is 0 Å². The summed E-state index contributed by atoms with van der Waals surface area (Å²) in [5.74, 6) is -0.0129. The molecule has 0 N–H and O–H groups in total. The van der Waals surface area contributed by atoms with Gasteiger partial charge in [0.2, 0.25) is 0 Å². The highest BCUT2D eigenvalue weighted by Gasteiger charge is 2.13. The first-order valence-electron chi connectivity index (χ1n) is 8.17. The number of Topliss-reactive ketones (excluding diaryl/α,β-unsaturated/α-hetero) is 2. The maximum absolute atomic E-state index is 12.5. The topological polar surface area (TPSA) is 34.1 Å². The molecule has 0 unspecified atom stereocenters. The van der Waals surface area contributed by atoms with Gasteiger partial charge in [0.25, 0.3) is 0 Å². The highest BCUT2D eigenvalue weighted by atomic mass is 35.5. The molecule has 0 aromatic heterocycles. The molecule has 0 amide bonds. The molecule has 0 aliphatic carbocycles. The maximum atomic E-state index is 12.5. The summed E-state index contributed by atoms with van der Waals surface area (Å²) in [6, 6.07) is 21.2. The zero-order valence-corrected chi connectivity index (χ0v) is 15.4. The van der Waals surface area contributed by atoms with Crippen LogP contribution in [0.3, 0.4) is 0 Å². The van der Waals surface area contributed by atoms with Gasteiger partial charge < -0.3 is 0 Å². The molecule has 4 heteroatoms. The summed E-state index contributed by atoms with van der Waals surface area (Å²) in [6.45, 7) is 0. The lowest BCUT2D eigenvalue weighted by Gasteiger charge is -2.09. The number of ketones is 2. The molecular formula is C22H16Cl2O2. The van der Waals surface area contributed by atoms with Crippen LogP contribution in [0.2, 0.25) is 10.0 Å². The van der Waals surface area contributed by atoms with Crippen molar-refractivity contribution in [3.05, 3.63) is 105 Å². The van der Waals surface area contributed by atoms with E-state index in [1.165, 1.54) is 0 Å². The summed E-state index contributed by atoms with van der Waals surface area (Å²) in [5.41, 5.74) is 2.92. The summed E-state index contributed by atoms with van der Waals surface area (Å²) < 4.78 is 0. The number of carbonyl (C=O) groups excluding carboxylic acids is 2. The van der Waals surface area contributed by atoms with Gasteiger partial charge in [0, 0.05) is 34.0 Å². The van der Waals surface area contributed by atoms with E-state index in [4.69, 9.17) is 23.2 Å². The normalized spacial score (nSPS) is 10.5. The molecule has 0 radical (unpaired) electrons. The lowest BCUT2D eigenvalue weighted by Crippen LogP contribution is -2.09. The first kappa shape index (κ1) is 18.4. The van der Waals surface area contributed by atoms with E-state index in [0.717, 1.165) is 11.1 Å². The highest BCUT2D eigenvalue weighted by Crippen LogP contribution is 2.18. The monoisotopic (exact) mass is 382 g/mol. The Morgan fingerprint density at radius 1 is 0.577 bits per heavy atom. The van der Waals surface area contributed by atoms with Gasteiger partial charge in [0.15, 0.2) is 11.6 Å². The van der Waals surface area contributed by atoms with Gasteiger partial charge >= 0.3 is 0 Å². The third kappa shape index (κ3) is 4.60.